The average molecular weight is 286 g/mol. The van der Waals surface area contributed by atoms with Gasteiger partial charge in [-0.3, -0.25) is 10.1 Å². The molecule has 1 N–H and O–H groups in total. The SMILES string of the molecule is Cc1ccc([N+](=O)[O-])cc1S(=O)(=O)NC(C)C(C)C. The number of nitro benzene ring substituents is 1. The highest BCUT2D eigenvalue weighted by atomic mass is 32.2. The summed E-state index contributed by atoms with van der Waals surface area (Å²) in [6.45, 7) is 7.16. The molecular formula is C12H18N2O4S. The zero-order valence-electron chi connectivity index (χ0n) is 11.4. The van der Waals surface area contributed by atoms with Crippen molar-refractivity contribution >= 4 is 15.7 Å². The van der Waals surface area contributed by atoms with Crippen molar-refractivity contribution < 1.29 is 13.3 Å². The highest BCUT2D eigenvalue weighted by Crippen LogP contribution is 2.22. The largest absolute Gasteiger partial charge is 0.270 e. The van der Waals surface area contributed by atoms with Crippen LogP contribution in [-0.4, -0.2) is 19.4 Å². The first-order chi connectivity index (χ1) is 8.65. The van der Waals surface area contributed by atoms with Crippen molar-refractivity contribution in [3.8, 4) is 0 Å². The smallest absolute Gasteiger partial charge is 0.258 e. The molecule has 0 radical (unpaired) electrons. The number of rotatable bonds is 5. The number of nitrogens with one attached hydrogen (secondary N) is 1. The Balaban J connectivity index is 3.21. The maximum atomic E-state index is 12.2. The summed E-state index contributed by atoms with van der Waals surface area (Å²) in [4.78, 5) is 10.1. The molecule has 0 aliphatic carbocycles. The first-order valence-electron chi connectivity index (χ1n) is 5.92. The van der Waals surface area contributed by atoms with Crippen LogP contribution in [0.5, 0.6) is 0 Å². The van der Waals surface area contributed by atoms with Gasteiger partial charge in [-0.05, 0) is 25.3 Å². The molecule has 6 nitrogen and oxygen atoms in total. The molecule has 0 spiro atoms. The molecule has 0 amide bonds. The summed E-state index contributed by atoms with van der Waals surface area (Å²) in [6.07, 6.45) is 0. The van der Waals surface area contributed by atoms with Crippen molar-refractivity contribution in [2.75, 3.05) is 0 Å². The van der Waals surface area contributed by atoms with E-state index in [2.05, 4.69) is 4.72 Å². The fraction of sp³-hybridized carbons (Fsp3) is 0.500. The minimum absolute atomic E-state index is 0.0470. The van der Waals surface area contributed by atoms with Gasteiger partial charge in [0.05, 0.1) is 9.82 Å². The maximum Gasteiger partial charge on any atom is 0.270 e. The van der Waals surface area contributed by atoms with E-state index < -0.39 is 14.9 Å². The fourth-order valence-electron chi connectivity index (χ4n) is 1.44. The number of hydrogen-bond donors (Lipinski definition) is 1. The monoisotopic (exact) mass is 286 g/mol. The van der Waals surface area contributed by atoms with Crippen molar-refractivity contribution in [2.45, 2.75) is 38.6 Å². The Hall–Kier alpha value is -1.47. The predicted octanol–water partition coefficient (Wildman–Crippen LogP) is 2.23. The molecule has 0 fully saturated rings. The summed E-state index contributed by atoms with van der Waals surface area (Å²) in [7, 11) is -3.75. The number of nitrogens with zero attached hydrogens (tertiary/aromatic N) is 1. The van der Waals surface area contributed by atoms with E-state index in [4.69, 9.17) is 0 Å². The lowest BCUT2D eigenvalue weighted by Crippen LogP contribution is -2.36. The summed E-state index contributed by atoms with van der Waals surface area (Å²) in [6, 6.07) is 3.57. The van der Waals surface area contributed by atoms with Crippen LogP contribution >= 0.6 is 0 Å². The molecule has 0 saturated carbocycles. The summed E-state index contributed by atoms with van der Waals surface area (Å²) in [5.74, 6) is 0.133. The zero-order valence-corrected chi connectivity index (χ0v) is 12.2. The van der Waals surface area contributed by atoms with Gasteiger partial charge in [0.25, 0.3) is 5.69 Å². The highest BCUT2D eigenvalue weighted by molar-refractivity contribution is 7.89. The lowest BCUT2D eigenvalue weighted by Gasteiger charge is -2.18. The van der Waals surface area contributed by atoms with Gasteiger partial charge >= 0.3 is 0 Å². The number of hydrogen-bond acceptors (Lipinski definition) is 4. The summed E-state index contributed by atoms with van der Waals surface area (Å²) in [5, 5.41) is 10.7. The van der Waals surface area contributed by atoms with E-state index in [1.807, 2.05) is 13.8 Å². The van der Waals surface area contributed by atoms with Crippen LogP contribution in [-0.2, 0) is 10.0 Å². The van der Waals surface area contributed by atoms with Crippen molar-refractivity contribution in [1.29, 1.82) is 0 Å². The minimum Gasteiger partial charge on any atom is -0.258 e. The van der Waals surface area contributed by atoms with Crippen LogP contribution in [0.15, 0.2) is 23.1 Å². The molecular weight excluding hydrogens is 268 g/mol. The first-order valence-corrected chi connectivity index (χ1v) is 7.41. The fourth-order valence-corrected chi connectivity index (χ4v) is 3.09. The van der Waals surface area contributed by atoms with Crippen LogP contribution < -0.4 is 4.72 Å². The van der Waals surface area contributed by atoms with Gasteiger partial charge in [-0.25, -0.2) is 13.1 Å². The van der Waals surface area contributed by atoms with Gasteiger partial charge in [-0.2, -0.15) is 0 Å². The third-order valence-electron chi connectivity index (χ3n) is 3.01. The van der Waals surface area contributed by atoms with Crippen molar-refractivity contribution in [1.82, 2.24) is 4.72 Å². The van der Waals surface area contributed by atoms with Crippen LogP contribution in [0.3, 0.4) is 0 Å². The Kier molecular flexibility index (Phi) is 4.65. The molecule has 7 heteroatoms. The van der Waals surface area contributed by atoms with Gasteiger partial charge in [0.2, 0.25) is 10.0 Å². The van der Waals surface area contributed by atoms with Crippen LogP contribution in [0.25, 0.3) is 0 Å². The summed E-state index contributed by atoms with van der Waals surface area (Å²) < 4.78 is 26.9. The van der Waals surface area contributed by atoms with Gasteiger partial charge < -0.3 is 0 Å². The number of aryl methyl sites for hydroxylation is 1. The standard InChI is InChI=1S/C12H18N2O4S/c1-8(2)10(4)13-19(17,18)12-7-11(14(15)16)6-5-9(12)3/h5-8,10,13H,1-4H3. The van der Waals surface area contributed by atoms with Crippen molar-refractivity contribution in [3.05, 3.63) is 33.9 Å². The molecule has 106 valence electrons. The Morgan fingerprint density at radius 1 is 1.26 bits per heavy atom. The third-order valence-corrected chi connectivity index (χ3v) is 4.71. The first kappa shape index (κ1) is 15.6. The maximum absolute atomic E-state index is 12.2. The van der Waals surface area contributed by atoms with E-state index in [9.17, 15) is 18.5 Å². The van der Waals surface area contributed by atoms with E-state index in [0.29, 0.717) is 5.56 Å². The Labute approximate surface area is 113 Å². The molecule has 1 aromatic carbocycles. The molecule has 0 heterocycles. The number of non-ortho nitro benzene ring substituents is 1. The van der Waals surface area contributed by atoms with E-state index in [0.717, 1.165) is 6.07 Å². The van der Waals surface area contributed by atoms with Gasteiger partial charge in [-0.15, -0.1) is 0 Å². The molecule has 19 heavy (non-hydrogen) atoms. The molecule has 1 unspecified atom stereocenters. The van der Waals surface area contributed by atoms with E-state index >= 15 is 0 Å². The van der Waals surface area contributed by atoms with E-state index in [1.165, 1.54) is 12.1 Å². The van der Waals surface area contributed by atoms with Crippen LogP contribution in [0, 0.1) is 23.0 Å². The quantitative estimate of drug-likeness (QED) is 0.664. The second-order valence-corrected chi connectivity index (χ2v) is 6.54. The topological polar surface area (TPSA) is 89.3 Å². The second-order valence-electron chi connectivity index (χ2n) is 4.86. The van der Waals surface area contributed by atoms with Crippen LogP contribution in [0.2, 0.25) is 0 Å². The average Bonchev–Trinajstić information content (AvgIpc) is 2.28. The second kappa shape index (κ2) is 5.66. The van der Waals surface area contributed by atoms with Gasteiger partial charge in [0.1, 0.15) is 0 Å². The van der Waals surface area contributed by atoms with Gasteiger partial charge in [0.15, 0.2) is 0 Å². The number of sulfonamides is 1. The van der Waals surface area contributed by atoms with Gasteiger partial charge in [-0.1, -0.05) is 19.9 Å². The number of benzene rings is 1. The minimum atomic E-state index is -3.75. The van der Waals surface area contributed by atoms with Gasteiger partial charge in [0, 0.05) is 18.2 Å². The molecule has 0 aliphatic heterocycles. The zero-order chi connectivity index (χ0) is 14.8. The Bertz CT molecular complexity index is 581. The molecule has 0 aliphatic rings. The van der Waals surface area contributed by atoms with Crippen molar-refractivity contribution in [3.63, 3.8) is 0 Å². The highest BCUT2D eigenvalue weighted by Gasteiger charge is 2.23. The number of nitro groups is 1. The normalized spacial score (nSPS) is 13.5. The van der Waals surface area contributed by atoms with E-state index in [-0.39, 0.29) is 22.5 Å². The third kappa shape index (κ3) is 3.74. The Morgan fingerprint density at radius 2 is 1.84 bits per heavy atom. The summed E-state index contributed by atoms with van der Waals surface area (Å²) >= 11 is 0. The van der Waals surface area contributed by atoms with E-state index in [1.54, 1.807) is 13.8 Å². The Morgan fingerprint density at radius 3 is 2.32 bits per heavy atom. The van der Waals surface area contributed by atoms with Crippen LogP contribution in [0.4, 0.5) is 5.69 Å². The lowest BCUT2D eigenvalue weighted by atomic mass is 10.1. The van der Waals surface area contributed by atoms with Crippen molar-refractivity contribution in [2.24, 2.45) is 5.92 Å². The molecule has 0 saturated heterocycles. The lowest BCUT2D eigenvalue weighted by molar-refractivity contribution is -0.385. The molecule has 0 aromatic heterocycles. The molecule has 1 rings (SSSR count). The molecule has 1 atom stereocenters. The van der Waals surface area contributed by atoms with Crippen LogP contribution in [0.1, 0.15) is 26.3 Å². The summed E-state index contributed by atoms with van der Waals surface area (Å²) in [5.41, 5.74) is 0.247. The molecule has 1 aromatic rings. The predicted molar refractivity (Wildman–Crippen MR) is 72.5 cm³/mol. The molecule has 0 bridgehead atoms.